The van der Waals surface area contributed by atoms with E-state index in [-0.39, 0.29) is 17.7 Å². The summed E-state index contributed by atoms with van der Waals surface area (Å²) in [6.45, 7) is 1.47. The molecule has 1 saturated heterocycles. The number of carbonyl (C=O) groups excluding carboxylic acids is 1. The zero-order valence-corrected chi connectivity index (χ0v) is 8.10. The molecule has 2 unspecified atom stereocenters. The minimum atomic E-state index is -0.235. The average Bonchev–Trinajstić information content (AvgIpc) is 2.70. The van der Waals surface area contributed by atoms with Crippen LogP contribution in [0.15, 0.2) is 12.3 Å². The number of aryl methyl sites for hydroxylation is 1. The molecule has 5 heteroatoms. The third-order valence-corrected chi connectivity index (χ3v) is 2.82. The van der Waals surface area contributed by atoms with Crippen molar-refractivity contribution in [2.75, 3.05) is 13.1 Å². The van der Waals surface area contributed by atoms with Crippen molar-refractivity contribution in [3.05, 3.63) is 18.0 Å². The van der Waals surface area contributed by atoms with Gasteiger partial charge >= 0.3 is 0 Å². The fourth-order valence-corrected chi connectivity index (χ4v) is 2.04. The fourth-order valence-electron chi connectivity index (χ4n) is 2.04. The van der Waals surface area contributed by atoms with E-state index in [1.54, 1.807) is 10.9 Å². The number of rotatable bonds is 2. The molecule has 1 aliphatic heterocycles. The Hall–Kier alpha value is -1.36. The van der Waals surface area contributed by atoms with Crippen molar-refractivity contribution in [3.8, 4) is 0 Å². The van der Waals surface area contributed by atoms with Gasteiger partial charge in [0.2, 0.25) is 5.91 Å². The van der Waals surface area contributed by atoms with Crippen LogP contribution in [-0.4, -0.2) is 28.8 Å². The van der Waals surface area contributed by atoms with Crippen molar-refractivity contribution < 1.29 is 4.79 Å². The van der Waals surface area contributed by atoms with Crippen LogP contribution in [0.5, 0.6) is 0 Å². The standard InChI is InChI=1S/C9H14N4O/c1-13-8(2-3-12-13)6-4-11-5-7(6)9(10)14/h2-3,6-7,11H,4-5H2,1H3,(H2,10,14). The van der Waals surface area contributed by atoms with Gasteiger partial charge in [-0.1, -0.05) is 0 Å². The predicted molar refractivity (Wildman–Crippen MR) is 51.5 cm³/mol. The molecular weight excluding hydrogens is 180 g/mol. The number of hydrogen-bond acceptors (Lipinski definition) is 3. The summed E-state index contributed by atoms with van der Waals surface area (Å²) in [5.74, 6) is -0.174. The van der Waals surface area contributed by atoms with Crippen molar-refractivity contribution in [1.82, 2.24) is 15.1 Å². The van der Waals surface area contributed by atoms with Crippen molar-refractivity contribution in [1.29, 1.82) is 0 Å². The molecule has 5 nitrogen and oxygen atoms in total. The van der Waals surface area contributed by atoms with Gasteiger partial charge in [-0.2, -0.15) is 5.10 Å². The van der Waals surface area contributed by atoms with E-state index in [4.69, 9.17) is 5.73 Å². The molecule has 14 heavy (non-hydrogen) atoms. The lowest BCUT2D eigenvalue weighted by Gasteiger charge is -2.15. The lowest BCUT2D eigenvalue weighted by atomic mass is 9.92. The van der Waals surface area contributed by atoms with E-state index in [2.05, 4.69) is 10.4 Å². The van der Waals surface area contributed by atoms with Gasteiger partial charge < -0.3 is 11.1 Å². The molecule has 1 aromatic heterocycles. The summed E-state index contributed by atoms with van der Waals surface area (Å²) >= 11 is 0. The number of amides is 1. The Morgan fingerprint density at radius 2 is 2.50 bits per heavy atom. The van der Waals surface area contributed by atoms with E-state index in [0.717, 1.165) is 12.2 Å². The highest BCUT2D eigenvalue weighted by atomic mass is 16.1. The van der Waals surface area contributed by atoms with Crippen LogP contribution in [0.4, 0.5) is 0 Å². The molecule has 0 spiro atoms. The van der Waals surface area contributed by atoms with E-state index in [1.165, 1.54) is 0 Å². The third-order valence-electron chi connectivity index (χ3n) is 2.82. The Balaban J connectivity index is 2.26. The van der Waals surface area contributed by atoms with Gasteiger partial charge in [-0.3, -0.25) is 9.48 Å². The van der Waals surface area contributed by atoms with Gasteiger partial charge in [-0.25, -0.2) is 0 Å². The summed E-state index contributed by atoms with van der Waals surface area (Å²) in [7, 11) is 1.88. The summed E-state index contributed by atoms with van der Waals surface area (Å²) in [6.07, 6.45) is 1.74. The number of carbonyl (C=O) groups is 1. The molecule has 2 atom stereocenters. The SMILES string of the molecule is Cn1nccc1C1CNCC1C(N)=O. The molecule has 76 valence electrons. The van der Waals surface area contributed by atoms with Crippen LogP contribution in [0.1, 0.15) is 11.6 Å². The number of primary amides is 1. The molecule has 0 aromatic carbocycles. The molecule has 1 fully saturated rings. The van der Waals surface area contributed by atoms with E-state index in [1.807, 2.05) is 13.1 Å². The average molecular weight is 194 g/mol. The molecule has 0 aliphatic carbocycles. The summed E-state index contributed by atoms with van der Waals surface area (Å²) in [6, 6.07) is 1.94. The molecule has 0 radical (unpaired) electrons. The van der Waals surface area contributed by atoms with Crippen LogP contribution in [0.25, 0.3) is 0 Å². The van der Waals surface area contributed by atoms with Gasteiger partial charge in [-0.05, 0) is 6.07 Å². The van der Waals surface area contributed by atoms with E-state index >= 15 is 0 Å². The highest BCUT2D eigenvalue weighted by Crippen LogP contribution is 2.26. The molecule has 1 amide bonds. The maximum Gasteiger partial charge on any atom is 0.222 e. The van der Waals surface area contributed by atoms with E-state index in [0.29, 0.717) is 6.54 Å². The maximum atomic E-state index is 11.2. The molecular formula is C9H14N4O. The molecule has 1 aromatic rings. The van der Waals surface area contributed by atoms with Crippen LogP contribution >= 0.6 is 0 Å². The minimum absolute atomic E-state index is 0.106. The molecule has 2 heterocycles. The monoisotopic (exact) mass is 194 g/mol. The first-order chi connectivity index (χ1) is 6.70. The molecule has 0 saturated carbocycles. The second-order valence-electron chi connectivity index (χ2n) is 3.65. The highest BCUT2D eigenvalue weighted by Gasteiger charge is 2.33. The summed E-state index contributed by atoms with van der Waals surface area (Å²) in [5, 5.41) is 7.27. The lowest BCUT2D eigenvalue weighted by Crippen LogP contribution is -2.29. The molecule has 0 bridgehead atoms. The van der Waals surface area contributed by atoms with Gasteiger partial charge in [0, 0.05) is 37.9 Å². The van der Waals surface area contributed by atoms with Crippen LogP contribution < -0.4 is 11.1 Å². The topological polar surface area (TPSA) is 72.9 Å². The van der Waals surface area contributed by atoms with Crippen LogP contribution in [0.3, 0.4) is 0 Å². The Morgan fingerprint density at radius 1 is 1.71 bits per heavy atom. The summed E-state index contributed by atoms with van der Waals surface area (Å²) in [4.78, 5) is 11.2. The quantitative estimate of drug-likeness (QED) is 0.648. The van der Waals surface area contributed by atoms with Gasteiger partial charge in [0.15, 0.2) is 0 Å². The van der Waals surface area contributed by atoms with Crippen molar-refractivity contribution >= 4 is 5.91 Å². The molecule has 2 rings (SSSR count). The second-order valence-corrected chi connectivity index (χ2v) is 3.65. The Morgan fingerprint density at radius 3 is 3.07 bits per heavy atom. The zero-order chi connectivity index (χ0) is 10.1. The predicted octanol–water partition coefficient (Wildman–Crippen LogP) is -0.792. The van der Waals surface area contributed by atoms with Crippen molar-refractivity contribution in [3.63, 3.8) is 0 Å². The normalized spacial score (nSPS) is 26.6. The second kappa shape index (κ2) is 3.42. The summed E-state index contributed by atoms with van der Waals surface area (Å²) in [5.41, 5.74) is 6.40. The fraction of sp³-hybridized carbons (Fsp3) is 0.556. The Labute approximate surface area is 82.3 Å². The van der Waals surface area contributed by atoms with Gasteiger partial charge in [0.05, 0.1) is 5.92 Å². The maximum absolute atomic E-state index is 11.2. The number of nitrogens with one attached hydrogen (secondary N) is 1. The first kappa shape index (κ1) is 9.21. The smallest absolute Gasteiger partial charge is 0.222 e. The zero-order valence-electron chi connectivity index (χ0n) is 8.10. The van der Waals surface area contributed by atoms with Crippen molar-refractivity contribution in [2.45, 2.75) is 5.92 Å². The number of nitrogens with two attached hydrogens (primary N) is 1. The van der Waals surface area contributed by atoms with Crippen LogP contribution in [0.2, 0.25) is 0 Å². The minimum Gasteiger partial charge on any atom is -0.369 e. The third kappa shape index (κ3) is 1.39. The largest absolute Gasteiger partial charge is 0.369 e. The van der Waals surface area contributed by atoms with Gasteiger partial charge in [0.1, 0.15) is 0 Å². The summed E-state index contributed by atoms with van der Waals surface area (Å²) < 4.78 is 1.80. The lowest BCUT2D eigenvalue weighted by molar-refractivity contribution is -0.121. The number of hydrogen-bond donors (Lipinski definition) is 2. The van der Waals surface area contributed by atoms with Crippen molar-refractivity contribution in [2.24, 2.45) is 18.7 Å². The van der Waals surface area contributed by atoms with E-state index < -0.39 is 0 Å². The molecule has 3 N–H and O–H groups in total. The molecule has 1 aliphatic rings. The number of aromatic nitrogens is 2. The Bertz CT molecular complexity index is 346. The van der Waals surface area contributed by atoms with E-state index in [9.17, 15) is 4.79 Å². The highest BCUT2D eigenvalue weighted by molar-refractivity contribution is 5.78. The van der Waals surface area contributed by atoms with Gasteiger partial charge in [-0.15, -0.1) is 0 Å². The Kier molecular flexibility index (Phi) is 2.25. The first-order valence-corrected chi connectivity index (χ1v) is 4.68. The number of nitrogens with zero attached hydrogens (tertiary/aromatic N) is 2. The van der Waals surface area contributed by atoms with Gasteiger partial charge in [0.25, 0.3) is 0 Å². The van der Waals surface area contributed by atoms with Crippen LogP contribution in [-0.2, 0) is 11.8 Å². The van der Waals surface area contributed by atoms with Crippen LogP contribution in [0, 0.1) is 5.92 Å². The first-order valence-electron chi connectivity index (χ1n) is 4.68.